The van der Waals surface area contributed by atoms with Gasteiger partial charge in [0.1, 0.15) is 0 Å². The van der Waals surface area contributed by atoms with Gasteiger partial charge in [0.15, 0.2) is 0 Å². The first-order valence-electron chi connectivity index (χ1n) is 7.65. The number of aromatic nitrogens is 3. The van der Waals surface area contributed by atoms with E-state index in [0.717, 1.165) is 5.56 Å². The molecule has 26 heavy (non-hydrogen) atoms. The number of amides is 2. The molecule has 0 atom stereocenters. The van der Waals surface area contributed by atoms with Crippen LogP contribution in [0.2, 0.25) is 0 Å². The maximum atomic E-state index is 12.4. The Balaban J connectivity index is 1.89. The molecule has 0 aliphatic rings. The van der Waals surface area contributed by atoms with Gasteiger partial charge in [-0.15, -0.1) is 5.10 Å². The van der Waals surface area contributed by atoms with E-state index in [1.165, 1.54) is 0 Å². The summed E-state index contributed by atoms with van der Waals surface area (Å²) in [7, 11) is 0. The standard InChI is InChI=1S/C16H18F3N5O2/c1-15(2,3)10-6-4-9(5-7-10)12(26)20-8-11(25)21-14-22-13(23-24-14)16(17,18)19/h4-7H,8H2,1-3H3,(H,20,26)(H2,21,22,23,24,25). The third-order valence-electron chi connectivity index (χ3n) is 3.43. The molecule has 3 N–H and O–H groups in total. The van der Waals surface area contributed by atoms with Crippen LogP contribution in [0.25, 0.3) is 0 Å². The number of rotatable bonds is 4. The molecule has 2 aromatic rings. The summed E-state index contributed by atoms with van der Waals surface area (Å²) in [6.07, 6.45) is -4.69. The molecule has 0 aliphatic heterocycles. The summed E-state index contributed by atoms with van der Waals surface area (Å²) in [5.41, 5.74) is 1.36. The van der Waals surface area contributed by atoms with Crippen LogP contribution in [-0.2, 0) is 16.4 Å². The van der Waals surface area contributed by atoms with Crippen LogP contribution in [0.5, 0.6) is 0 Å². The highest BCUT2D eigenvalue weighted by Gasteiger charge is 2.35. The summed E-state index contributed by atoms with van der Waals surface area (Å²) in [6, 6.07) is 6.92. The number of H-pyrrole nitrogens is 1. The molecule has 140 valence electrons. The molecule has 0 aliphatic carbocycles. The van der Waals surface area contributed by atoms with E-state index in [0.29, 0.717) is 5.56 Å². The summed E-state index contributed by atoms with van der Waals surface area (Å²) < 4.78 is 37.1. The average Bonchev–Trinajstić information content (AvgIpc) is 3.00. The molecule has 2 rings (SSSR count). The zero-order valence-electron chi connectivity index (χ0n) is 14.4. The van der Waals surface area contributed by atoms with E-state index in [1.807, 2.05) is 32.9 Å². The second-order valence-corrected chi connectivity index (χ2v) is 6.56. The van der Waals surface area contributed by atoms with Gasteiger partial charge in [0.25, 0.3) is 5.91 Å². The Kier molecular flexibility index (Phi) is 5.33. The summed E-state index contributed by atoms with van der Waals surface area (Å²) in [4.78, 5) is 26.8. The van der Waals surface area contributed by atoms with Crippen molar-refractivity contribution in [3.63, 3.8) is 0 Å². The fraction of sp³-hybridized carbons (Fsp3) is 0.375. The lowest BCUT2D eigenvalue weighted by Gasteiger charge is -2.19. The molecule has 0 saturated carbocycles. The highest BCUT2D eigenvalue weighted by Crippen LogP contribution is 2.26. The van der Waals surface area contributed by atoms with Crippen LogP contribution < -0.4 is 10.6 Å². The minimum atomic E-state index is -4.69. The van der Waals surface area contributed by atoms with Gasteiger partial charge in [0.05, 0.1) is 6.54 Å². The molecule has 1 aromatic carbocycles. The van der Waals surface area contributed by atoms with Crippen molar-refractivity contribution in [1.82, 2.24) is 20.5 Å². The Hall–Kier alpha value is -2.91. The third kappa shape index (κ3) is 5.04. The molecular formula is C16H18F3N5O2. The number of alkyl halides is 3. The van der Waals surface area contributed by atoms with Crippen molar-refractivity contribution in [2.24, 2.45) is 0 Å². The Morgan fingerprint density at radius 3 is 2.23 bits per heavy atom. The van der Waals surface area contributed by atoms with E-state index in [1.54, 1.807) is 17.2 Å². The van der Waals surface area contributed by atoms with Crippen molar-refractivity contribution in [2.75, 3.05) is 11.9 Å². The predicted octanol–water partition coefficient (Wildman–Crippen LogP) is 2.49. The SMILES string of the molecule is CC(C)(C)c1ccc(C(=O)NCC(=O)Nc2n[nH]c(C(F)(F)F)n2)cc1. The molecule has 0 bridgehead atoms. The van der Waals surface area contributed by atoms with Crippen LogP contribution in [0.3, 0.4) is 0 Å². The number of hydrogen-bond donors (Lipinski definition) is 3. The Morgan fingerprint density at radius 1 is 1.12 bits per heavy atom. The zero-order valence-corrected chi connectivity index (χ0v) is 14.4. The minimum absolute atomic E-state index is 0.0548. The van der Waals surface area contributed by atoms with Crippen molar-refractivity contribution in [3.8, 4) is 0 Å². The fourth-order valence-corrected chi connectivity index (χ4v) is 2.00. The Bertz CT molecular complexity index is 791. The maximum absolute atomic E-state index is 12.4. The lowest BCUT2D eigenvalue weighted by molar-refractivity contribution is -0.144. The number of hydrogen-bond acceptors (Lipinski definition) is 4. The van der Waals surface area contributed by atoms with E-state index >= 15 is 0 Å². The summed E-state index contributed by atoms with van der Waals surface area (Å²) >= 11 is 0. The van der Waals surface area contributed by atoms with Gasteiger partial charge < -0.3 is 5.32 Å². The first-order chi connectivity index (χ1) is 12.0. The molecule has 1 heterocycles. The number of nitrogens with zero attached hydrogens (tertiary/aromatic N) is 2. The van der Waals surface area contributed by atoms with Crippen LogP contribution in [-0.4, -0.2) is 33.5 Å². The van der Waals surface area contributed by atoms with Crippen molar-refractivity contribution in [2.45, 2.75) is 32.4 Å². The van der Waals surface area contributed by atoms with E-state index in [9.17, 15) is 22.8 Å². The minimum Gasteiger partial charge on any atom is -0.343 e. The molecule has 0 fully saturated rings. The van der Waals surface area contributed by atoms with E-state index in [2.05, 4.69) is 20.7 Å². The van der Waals surface area contributed by atoms with Crippen LogP contribution >= 0.6 is 0 Å². The van der Waals surface area contributed by atoms with Gasteiger partial charge in [-0.05, 0) is 23.1 Å². The monoisotopic (exact) mass is 369 g/mol. The van der Waals surface area contributed by atoms with E-state index < -0.39 is 36.3 Å². The van der Waals surface area contributed by atoms with Crippen LogP contribution in [0.4, 0.5) is 19.1 Å². The molecule has 10 heteroatoms. The highest BCUT2D eigenvalue weighted by atomic mass is 19.4. The van der Waals surface area contributed by atoms with Crippen LogP contribution in [0, 0.1) is 0 Å². The normalized spacial score (nSPS) is 11.9. The van der Waals surface area contributed by atoms with Gasteiger partial charge in [0, 0.05) is 5.56 Å². The van der Waals surface area contributed by atoms with Gasteiger partial charge in [-0.1, -0.05) is 32.9 Å². The van der Waals surface area contributed by atoms with Crippen molar-refractivity contribution in [1.29, 1.82) is 0 Å². The molecule has 0 unspecified atom stereocenters. The zero-order chi connectivity index (χ0) is 19.5. The Morgan fingerprint density at radius 2 is 1.73 bits per heavy atom. The largest absolute Gasteiger partial charge is 0.451 e. The first kappa shape index (κ1) is 19.4. The average molecular weight is 369 g/mol. The predicted molar refractivity (Wildman–Crippen MR) is 87.5 cm³/mol. The number of anilines is 1. The lowest BCUT2D eigenvalue weighted by atomic mass is 9.87. The number of aromatic amines is 1. The summed E-state index contributed by atoms with van der Waals surface area (Å²) in [5, 5.41) is 9.35. The van der Waals surface area contributed by atoms with Gasteiger partial charge in [-0.25, -0.2) is 0 Å². The molecule has 0 saturated heterocycles. The number of halogens is 3. The molecule has 7 nitrogen and oxygen atoms in total. The molecule has 0 spiro atoms. The fourth-order valence-electron chi connectivity index (χ4n) is 2.00. The molecular weight excluding hydrogens is 351 g/mol. The molecule has 1 aromatic heterocycles. The van der Waals surface area contributed by atoms with E-state index in [4.69, 9.17) is 0 Å². The van der Waals surface area contributed by atoms with Gasteiger partial charge in [-0.3, -0.25) is 20.0 Å². The topological polar surface area (TPSA) is 99.8 Å². The lowest BCUT2D eigenvalue weighted by Crippen LogP contribution is -2.33. The summed E-state index contributed by atoms with van der Waals surface area (Å²) in [6.45, 7) is 5.69. The maximum Gasteiger partial charge on any atom is 0.451 e. The van der Waals surface area contributed by atoms with Gasteiger partial charge in [-0.2, -0.15) is 18.2 Å². The number of benzene rings is 1. The van der Waals surface area contributed by atoms with Crippen molar-refractivity contribution in [3.05, 3.63) is 41.2 Å². The quantitative estimate of drug-likeness (QED) is 0.771. The number of carbonyl (C=O) groups is 2. The van der Waals surface area contributed by atoms with Crippen molar-refractivity contribution >= 4 is 17.8 Å². The van der Waals surface area contributed by atoms with Crippen LogP contribution in [0.1, 0.15) is 42.5 Å². The third-order valence-corrected chi connectivity index (χ3v) is 3.43. The second-order valence-electron chi connectivity index (χ2n) is 6.56. The second kappa shape index (κ2) is 7.14. The number of carbonyl (C=O) groups excluding carboxylic acids is 2. The molecule has 2 amide bonds. The highest BCUT2D eigenvalue weighted by molar-refractivity contribution is 5.98. The van der Waals surface area contributed by atoms with Crippen LogP contribution in [0.15, 0.2) is 24.3 Å². The van der Waals surface area contributed by atoms with E-state index in [-0.39, 0.29) is 5.41 Å². The number of nitrogens with one attached hydrogen (secondary N) is 3. The van der Waals surface area contributed by atoms with Crippen molar-refractivity contribution < 1.29 is 22.8 Å². The summed E-state index contributed by atoms with van der Waals surface area (Å²) in [5.74, 6) is -3.08. The molecule has 0 radical (unpaired) electrons. The first-order valence-corrected chi connectivity index (χ1v) is 7.65. The Labute approximate surface area is 147 Å². The van der Waals surface area contributed by atoms with Gasteiger partial charge in [0.2, 0.25) is 17.7 Å². The smallest absolute Gasteiger partial charge is 0.343 e. The van der Waals surface area contributed by atoms with Gasteiger partial charge >= 0.3 is 6.18 Å².